The molecule has 0 saturated carbocycles. The van der Waals surface area contributed by atoms with Crippen LogP contribution in [0.5, 0.6) is 0 Å². The number of piperazine rings is 1. The molecule has 9 nitrogen and oxygen atoms in total. The lowest BCUT2D eigenvalue weighted by molar-refractivity contribution is -0.104. The van der Waals surface area contributed by atoms with E-state index >= 15 is 0 Å². The third-order valence-electron chi connectivity index (χ3n) is 8.66. The van der Waals surface area contributed by atoms with E-state index in [1.165, 1.54) is 0 Å². The summed E-state index contributed by atoms with van der Waals surface area (Å²) in [6.07, 6.45) is 7.21. The first-order chi connectivity index (χ1) is 19.4. The molecule has 1 aliphatic carbocycles. The third-order valence-corrected chi connectivity index (χ3v) is 8.66. The first-order valence-corrected chi connectivity index (χ1v) is 14.3. The standard InChI is InChI=1S/C30H38FN5O4/c1-21(31)18-34-9-6-30(38-2,7-10-34)23-3-4-26(33-17-23)22-15-25-27(16-22)32-8-5-28(25)35-11-13-36(14-12-35)29(37)40-24-19-39-20-24/h3-5,8,15,17,21,24H,6-7,9-14,16,18-20H2,1-2H3/t21-/m0/s1. The maximum absolute atomic E-state index is 13.5. The quantitative estimate of drug-likeness (QED) is 0.517. The van der Waals surface area contributed by atoms with Gasteiger partial charge in [0, 0.05) is 88.6 Å². The van der Waals surface area contributed by atoms with Crippen LogP contribution in [0.4, 0.5) is 14.9 Å². The minimum absolute atomic E-state index is 0.107. The van der Waals surface area contributed by atoms with Gasteiger partial charge >= 0.3 is 6.09 Å². The van der Waals surface area contributed by atoms with E-state index in [0.29, 0.717) is 32.8 Å². The van der Waals surface area contributed by atoms with E-state index in [9.17, 15) is 9.18 Å². The van der Waals surface area contributed by atoms with Gasteiger partial charge < -0.3 is 28.9 Å². The summed E-state index contributed by atoms with van der Waals surface area (Å²) in [5.41, 5.74) is 6.10. The molecule has 0 aromatic carbocycles. The molecule has 3 fully saturated rings. The van der Waals surface area contributed by atoms with Crippen LogP contribution in [0, 0.1) is 0 Å². The van der Waals surface area contributed by atoms with Crippen LogP contribution in [-0.2, 0) is 26.2 Å². The number of halogens is 1. The Labute approximate surface area is 234 Å². The zero-order valence-corrected chi connectivity index (χ0v) is 23.4. The molecule has 6 rings (SSSR count). The van der Waals surface area contributed by atoms with E-state index in [-0.39, 0.29) is 17.8 Å². The van der Waals surface area contributed by atoms with E-state index in [0.717, 1.165) is 79.2 Å². The number of ether oxygens (including phenoxy) is 3. The predicted molar refractivity (Wildman–Crippen MR) is 150 cm³/mol. The zero-order chi connectivity index (χ0) is 27.7. The van der Waals surface area contributed by atoms with Gasteiger partial charge in [0.1, 0.15) is 6.17 Å². The van der Waals surface area contributed by atoms with Crippen molar-refractivity contribution >= 4 is 23.4 Å². The van der Waals surface area contributed by atoms with Gasteiger partial charge in [0.25, 0.3) is 0 Å². The lowest BCUT2D eigenvalue weighted by atomic mass is 9.84. The fourth-order valence-electron chi connectivity index (χ4n) is 6.19. The number of rotatable bonds is 7. The molecule has 10 heteroatoms. The van der Waals surface area contributed by atoms with Gasteiger partial charge in [0.2, 0.25) is 0 Å². The van der Waals surface area contributed by atoms with Crippen LogP contribution in [0.25, 0.3) is 11.6 Å². The number of allylic oxidation sites excluding steroid dienone is 1. The second-order valence-electron chi connectivity index (χ2n) is 11.3. The van der Waals surface area contributed by atoms with E-state index in [1.54, 1.807) is 18.9 Å². The van der Waals surface area contributed by atoms with Crippen molar-refractivity contribution in [2.75, 3.05) is 71.0 Å². The van der Waals surface area contributed by atoms with Crippen LogP contribution in [0.15, 0.2) is 30.6 Å². The summed E-state index contributed by atoms with van der Waals surface area (Å²) < 4.78 is 30.1. The zero-order valence-electron chi connectivity index (χ0n) is 23.4. The number of methoxy groups -OCH3 is 1. The van der Waals surface area contributed by atoms with E-state index in [1.807, 2.05) is 12.4 Å². The van der Waals surface area contributed by atoms with Crippen molar-refractivity contribution < 1.29 is 23.4 Å². The van der Waals surface area contributed by atoms with Crippen LogP contribution in [0.3, 0.4) is 0 Å². The summed E-state index contributed by atoms with van der Waals surface area (Å²) in [6.45, 7) is 7.41. The van der Waals surface area contributed by atoms with Gasteiger partial charge in [0.15, 0.2) is 6.10 Å². The normalized spacial score (nSPS) is 21.9. The van der Waals surface area contributed by atoms with Gasteiger partial charge in [-0.3, -0.25) is 9.97 Å². The van der Waals surface area contributed by atoms with Gasteiger partial charge in [-0.2, -0.15) is 0 Å². The van der Waals surface area contributed by atoms with Crippen LogP contribution in [0.2, 0.25) is 0 Å². The van der Waals surface area contributed by atoms with Crippen LogP contribution >= 0.6 is 0 Å². The number of carbonyl (C=O) groups excluding carboxylic acids is 1. The predicted octanol–water partition coefficient (Wildman–Crippen LogP) is 3.53. The Balaban J connectivity index is 1.12. The number of pyridine rings is 2. The van der Waals surface area contributed by atoms with Gasteiger partial charge in [-0.15, -0.1) is 0 Å². The number of hydrogen-bond donors (Lipinski definition) is 0. The molecule has 3 aliphatic heterocycles. The Morgan fingerprint density at radius 2 is 1.90 bits per heavy atom. The van der Waals surface area contributed by atoms with Crippen molar-refractivity contribution in [3.63, 3.8) is 0 Å². The van der Waals surface area contributed by atoms with Crippen molar-refractivity contribution in [2.24, 2.45) is 0 Å². The second-order valence-corrected chi connectivity index (χ2v) is 11.3. The number of aromatic nitrogens is 2. The molecule has 1 amide bonds. The highest BCUT2D eigenvalue weighted by atomic mass is 19.1. The second kappa shape index (κ2) is 11.4. The minimum atomic E-state index is -0.823. The summed E-state index contributed by atoms with van der Waals surface area (Å²) >= 11 is 0. The maximum atomic E-state index is 13.5. The lowest BCUT2D eigenvalue weighted by Crippen LogP contribution is -2.51. The number of piperidine rings is 1. The summed E-state index contributed by atoms with van der Waals surface area (Å²) in [4.78, 5) is 28.2. The fraction of sp³-hybridized carbons (Fsp3) is 0.567. The molecule has 0 bridgehead atoms. The molecule has 4 aliphatic rings. The van der Waals surface area contributed by atoms with Crippen molar-refractivity contribution in [1.82, 2.24) is 19.8 Å². The minimum Gasteiger partial charge on any atom is -0.441 e. The molecular weight excluding hydrogens is 513 g/mol. The lowest BCUT2D eigenvalue weighted by Gasteiger charge is -2.41. The van der Waals surface area contributed by atoms with E-state index < -0.39 is 6.17 Å². The number of carbonyl (C=O) groups is 1. The third kappa shape index (κ3) is 5.44. The number of fused-ring (bicyclic) bond motifs is 1. The van der Waals surface area contributed by atoms with Crippen molar-refractivity contribution in [3.05, 3.63) is 53.1 Å². The smallest absolute Gasteiger partial charge is 0.410 e. The number of nitrogens with zero attached hydrogens (tertiary/aromatic N) is 5. The van der Waals surface area contributed by atoms with Crippen molar-refractivity contribution in [2.45, 2.75) is 44.1 Å². The summed E-state index contributed by atoms with van der Waals surface area (Å²) in [6, 6.07) is 6.28. The number of amides is 1. The molecule has 1 atom stereocenters. The molecule has 0 unspecified atom stereocenters. The average molecular weight is 552 g/mol. The number of anilines is 1. The van der Waals surface area contributed by atoms with Crippen molar-refractivity contribution in [1.29, 1.82) is 0 Å². The average Bonchev–Trinajstić information content (AvgIpc) is 3.40. The Kier molecular flexibility index (Phi) is 7.74. The Morgan fingerprint density at radius 1 is 1.12 bits per heavy atom. The summed E-state index contributed by atoms with van der Waals surface area (Å²) in [5, 5.41) is 0. The molecule has 2 aromatic rings. The van der Waals surface area contributed by atoms with Crippen LogP contribution in [0.1, 0.15) is 42.3 Å². The highest BCUT2D eigenvalue weighted by Crippen LogP contribution is 2.39. The molecule has 2 aromatic heterocycles. The number of alkyl halides is 1. The maximum Gasteiger partial charge on any atom is 0.410 e. The molecule has 0 N–H and O–H groups in total. The molecular formula is C30H38FN5O4. The molecule has 0 spiro atoms. The van der Waals surface area contributed by atoms with Crippen molar-refractivity contribution in [3.8, 4) is 0 Å². The molecule has 5 heterocycles. The Hall–Kier alpha value is -3.08. The Bertz CT molecular complexity index is 1230. The SMILES string of the molecule is COC1(c2ccc(C3=Cc4c(N5CCN(C(=O)OC6COC6)CC5)ccnc4C3)nc2)CCN(C[C@H](C)F)CC1. The monoisotopic (exact) mass is 551 g/mol. The summed E-state index contributed by atoms with van der Waals surface area (Å²) in [7, 11) is 1.76. The van der Waals surface area contributed by atoms with Crippen LogP contribution < -0.4 is 4.90 Å². The van der Waals surface area contributed by atoms with Crippen LogP contribution in [-0.4, -0.2) is 104 Å². The molecule has 0 radical (unpaired) electrons. The highest BCUT2D eigenvalue weighted by Gasteiger charge is 2.37. The first-order valence-electron chi connectivity index (χ1n) is 14.3. The largest absolute Gasteiger partial charge is 0.441 e. The summed E-state index contributed by atoms with van der Waals surface area (Å²) in [5.74, 6) is 0. The van der Waals surface area contributed by atoms with Gasteiger partial charge in [-0.25, -0.2) is 9.18 Å². The molecule has 3 saturated heterocycles. The molecule has 214 valence electrons. The van der Waals surface area contributed by atoms with E-state index in [2.05, 4.69) is 39.1 Å². The highest BCUT2D eigenvalue weighted by molar-refractivity contribution is 5.91. The van der Waals surface area contributed by atoms with E-state index in [4.69, 9.17) is 19.2 Å². The first kappa shape index (κ1) is 27.1. The molecule has 40 heavy (non-hydrogen) atoms. The topological polar surface area (TPSA) is 80.3 Å². The number of hydrogen-bond acceptors (Lipinski definition) is 8. The van der Waals surface area contributed by atoms with Gasteiger partial charge in [-0.1, -0.05) is 6.07 Å². The Morgan fingerprint density at radius 3 is 2.52 bits per heavy atom. The number of likely N-dealkylation sites (tertiary alicyclic amines) is 1. The van der Waals surface area contributed by atoms with Gasteiger partial charge in [-0.05, 0) is 43.5 Å². The fourth-order valence-corrected chi connectivity index (χ4v) is 6.19. The van der Waals surface area contributed by atoms with Gasteiger partial charge in [0.05, 0.1) is 30.2 Å².